The Morgan fingerprint density at radius 1 is 0.520 bits per heavy atom. The summed E-state index contributed by atoms with van der Waals surface area (Å²) in [5, 5.41) is 13.9. The van der Waals surface area contributed by atoms with E-state index in [9.17, 15) is 9.59 Å². The third-order valence-corrected chi connectivity index (χ3v) is 14.5. The Morgan fingerprint density at radius 2 is 0.960 bits per heavy atom. The third kappa shape index (κ3) is 7.73. The van der Waals surface area contributed by atoms with Crippen molar-refractivity contribution in [1.29, 1.82) is 0 Å². The van der Waals surface area contributed by atoms with E-state index in [0.29, 0.717) is 12.0 Å². The molecule has 0 aromatic heterocycles. The van der Waals surface area contributed by atoms with E-state index >= 15 is 0 Å². The van der Waals surface area contributed by atoms with E-state index in [0.717, 1.165) is 48.3 Å². The van der Waals surface area contributed by atoms with Crippen molar-refractivity contribution < 1.29 is 9.59 Å². The molecular weight excluding hydrogens is 650 g/mol. The van der Waals surface area contributed by atoms with E-state index in [4.69, 9.17) is 0 Å². The average molecular weight is 693 g/mol. The molecular formula is C44H42N2O2P2. The minimum Gasteiger partial charge on any atom is -0.347 e. The number of nitrogens with one attached hydrogen (secondary N) is 2. The SMILES string of the molecule is O=C(N[C@@H]1CCCC[C@H]1NC(=O)c1ccccc1P(c1ccccc1)c1ccccc1)C1=C(P(c2ccccc2)c2ccccc2)C=CCC1. The number of carbonyl (C=O) groups is 2. The predicted octanol–water partition coefficient (Wildman–Crippen LogP) is 7.34. The lowest BCUT2D eigenvalue weighted by Gasteiger charge is -2.34. The highest BCUT2D eigenvalue weighted by molar-refractivity contribution is 7.80. The summed E-state index contributed by atoms with van der Waals surface area (Å²) in [5.41, 5.74) is 1.56. The lowest BCUT2D eigenvalue weighted by atomic mass is 9.89. The Hall–Kier alpha value is -4.62. The van der Waals surface area contributed by atoms with Crippen LogP contribution in [0.3, 0.4) is 0 Å². The van der Waals surface area contributed by atoms with Crippen LogP contribution in [0.4, 0.5) is 0 Å². The summed E-state index contributed by atoms with van der Waals surface area (Å²) in [6.45, 7) is 0. The van der Waals surface area contributed by atoms with Gasteiger partial charge in [0.05, 0.1) is 0 Å². The summed E-state index contributed by atoms with van der Waals surface area (Å²) in [4.78, 5) is 28.6. The number of benzene rings is 5. The normalized spacial score (nSPS) is 17.5. The first kappa shape index (κ1) is 33.9. The van der Waals surface area contributed by atoms with Gasteiger partial charge in [-0.1, -0.05) is 165 Å². The van der Waals surface area contributed by atoms with E-state index in [1.54, 1.807) is 0 Å². The molecule has 2 aliphatic carbocycles. The molecule has 6 heteroatoms. The number of amides is 2. The Labute approximate surface area is 298 Å². The van der Waals surface area contributed by atoms with Gasteiger partial charge in [0.1, 0.15) is 0 Å². The van der Waals surface area contributed by atoms with Gasteiger partial charge in [0.2, 0.25) is 5.91 Å². The molecule has 2 N–H and O–H groups in total. The summed E-state index contributed by atoms with van der Waals surface area (Å²) in [6, 6.07) is 49.8. The van der Waals surface area contributed by atoms with Gasteiger partial charge in [0.15, 0.2) is 0 Å². The maximum Gasteiger partial charge on any atom is 0.252 e. The second-order valence-corrected chi connectivity index (χ2v) is 17.2. The zero-order valence-corrected chi connectivity index (χ0v) is 29.9. The van der Waals surface area contributed by atoms with E-state index in [2.05, 4.69) is 126 Å². The van der Waals surface area contributed by atoms with E-state index in [1.165, 1.54) is 21.2 Å². The maximum absolute atomic E-state index is 14.3. The molecule has 0 radical (unpaired) electrons. The molecule has 0 saturated heterocycles. The molecule has 1 saturated carbocycles. The monoisotopic (exact) mass is 692 g/mol. The number of rotatable bonds is 10. The van der Waals surface area contributed by atoms with Gasteiger partial charge >= 0.3 is 0 Å². The molecule has 1 fully saturated rings. The van der Waals surface area contributed by atoms with E-state index in [1.807, 2.05) is 42.5 Å². The van der Waals surface area contributed by atoms with Crippen molar-refractivity contribution in [2.24, 2.45) is 0 Å². The van der Waals surface area contributed by atoms with E-state index < -0.39 is 15.8 Å². The molecule has 2 aliphatic rings. The fourth-order valence-electron chi connectivity index (χ4n) is 7.09. The van der Waals surface area contributed by atoms with Crippen molar-refractivity contribution in [2.45, 2.75) is 50.6 Å². The predicted molar refractivity (Wildman–Crippen MR) is 211 cm³/mol. The zero-order chi connectivity index (χ0) is 34.1. The van der Waals surface area contributed by atoms with Crippen LogP contribution in [0.1, 0.15) is 48.9 Å². The Kier molecular flexibility index (Phi) is 11.1. The highest BCUT2D eigenvalue weighted by atomic mass is 31.1. The smallest absolute Gasteiger partial charge is 0.252 e. The first-order valence-corrected chi connectivity index (χ1v) is 20.3. The maximum atomic E-state index is 14.3. The lowest BCUT2D eigenvalue weighted by Crippen LogP contribution is -2.54. The highest BCUT2D eigenvalue weighted by Crippen LogP contribution is 2.47. The first-order valence-electron chi connectivity index (χ1n) is 17.6. The molecule has 0 heterocycles. The first-order chi connectivity index (χ1) is 24.7. The summed E-state index contributed by atoms with van der Waals surface area (Å²) in [5.74, 6) is -0.0878. The van der Waals surface area contributed by atoms with Crippen molar-refractivity contribution in [1.82, 2.24) is 10.6 Å². The number of hydrogen-bond acceptors (Lipinski definition) is 2. The molecule has 250 valence electrons. The van der Waals surface area contributed by atoms with Gasteiger partial charge in [-0.2, -0.15) is 0 Å². The molecule has 50 heavy (non-hydrogen) atoms. The quantitative estimate of drug-likeness (QED) is 0.151. The van der Waals surface area contributed by atoms with Gasteiger partial charge in [-0.25, -0.2) is 0 Å². The second-order valence-electron chi connectivity index (χ2n) is 12.8. The van der Waals surface area contributed by atoms with Gasteiger partial charge in [0, 0.05) is 23.2 Å². The summed E-state index contributed by atoms with van der Waals surface area (Å²) < 4.78 is 0. The van der Waals surface area contributed by atoms with Gasteiger partial charge in [-0.3, -0.25) is 9.59 Å². The second kappa shape index (κ2) is 16.4. The molecule has 2 amide bonds. The van der Waals surface area contributed by atoms with Gasteiger partial charge < -0.3 is 10.6 Å². The van der Waals surface area contributed by atoms with Crippen LogP contribution in [-0.2, 0) is 4.79 Å². The molecule has 5 aromatic carbocycles. The molecule has 0 unspecified atom stereocenters. The van der Waals surface area contributed by atoms with E-state index in [-0.39, 0.29) is 23.9 Å². The summed E-state index contributed by atoms with van der Waals surface area (Å²) in [6.07, 6.45) is 9.63. The molecule has 4 nitrogen and oxygen atoms in total. The van der Waals surface area contributed by atoms with Crippen LogP contribution < -0.4 is 37.2 Å². The van der Waals surface area contributed by atoms with Crippen molar-refractivity contribution in [3.05, 3.63) is 174 Å². The molecule has 0 bridgehead atoms. The van der Waals surface area contributed by atoms with Crippen molar-refractivity contribution in [3.63, 3.8) is 0 Å². The third-order valence-electron chi connectivity index (χ3n) is 9.51. The van der Waals surface area contributed by atoms with Crippen LogP contribution in [0.5, 0.6) is 0 Å². The van der Waals surface area contributed by atoms with Crippen LogP contribution in [-0.4, -0.2) is 23.9 Å². The standard InChI is InChI=1S/C44H42N2O2P2/c47-43(37-27-13-17-31-41(37)49(33-19-5-1-6-20-33)34-21-7-2-8-22-34)45-39-29-15-16-30-40(39)46-44(48)38-28-14-18-32-42(38)50(35-23-9-3-10-24-35)36-25-11-4-12-26-36/h1-13,17-27,31-32,39-40H,14-16,28-30H2,(H,45,47)(H,46,48)/t39-,40-/m1/s1. The van der Waals surface area contributed by atoms with Crippen molar-refractivity contribution in [2.75, 3.05) is 0 Å². The molecule has 0 aliphatic heterocycles. The van der Waals surface area contributed by atoms with Crippen LogP contribution in [0.25, 0.3) is 0 Å². The Morgan fingerprint density at radius 3 is 1.48 bits per heavy atom. The molecule has 0 spiro atoms. The van der Waals surface area contributed by atoms with Crippen LogP contribution in [0, 0.1) is 0 Å². The van der Waals surface area contributed by atoms with Crippen LogP contribution in [0.2, 0.25) is 0 Å². The van der Waals surface area contributed by atoms with Crippen molar-refractivity contribution in [3.8, 4) is 0 Å². The Balaban J connectivity index is 1.16. The number of carbonyl (C=O) groups excluding carboxylic acids is 2. The topological polar surface area (TPSA) is 58.2 Å². The van der Waals surface area contributed by atoms with Crippen LogP contribution >= 0.6 is 15.8 Å². The van der Waals surface area contributed by atoms with Gasteiger partial charge in [-0.05, 0) is 79.4 Å². The fourth-order valence-corrected chi connectivity index (χ4v) is 12.1. The lowest BCUT2D eigenvalue weighted by molar-refractivity contribution is -0.118. The van der Waals surface area contributed by atoms with Gasteiger partial charge in [-0.15, -0.1) is 0 Å². The fraction of sp³-hybridized carbons (Fsp3) is 0.182. The van der Waals surface area contributed by atoms with Gasteiger partial charge in [0.25, 0.3) is 5.91 Å². The summed E-state index contributed by atoms with van der Waals surface area (Å²) in [7, 11) is -1.85. The molecule has 5 aromatic rings. The number of hydrogen-bond donors (Lipinski definition) is 2. The van der Waals surface area contributed by atoms with Crippen LogP contribution in [0.15, 0.2) is 169 Å². The number of allylic oxidation sites excluding steroid dienone is 3. The Bertz CT molecular complexity index is 1880. The summed E-state index contributed by atoms with van der Waals surface area (Å²) >= 11 is 0. The van der Waals surface area contributed by atoms with Crippen molar-refractivity contribution >= 4 is 54.2 Å². The minimum absolute atomic E-state index is 0.00747. The molecule has 7 rings (SSSR count). The largest absolute Gasteiger partial charge is 0.347 e. The molecule has 2 atom stereocenters. The average Bonchev–Trinajstić information content (AvgIpc) is 3.18. The zero-order valence-electron chi connectivity index (χ0n) is 28.1. The highest BCUT2D eigenvalue weighted by Gasteiger charge is 2.32. The minimum atomic E-state index is -0.947.